The Morgan fingerprint density at radius 3 is 2.73 bits per heavy atom. The molecule has 0 radical (unpaired) electrons. The van der Waals surface area contributed by atoms with Crippen LogP contribution in [0.2, 0.25) is 0 Å². The highest BCUT2D eigenvalue weighted by molar-refractivity contribution is 7.92. The second kappa shape index (κ2) is 10.1. The molecule has 0 aliphatic carbocycles. The monoisotopic (exact) mass is 574 g/mol. The van der Waals surface area contributed by atoms with E-state index in [0.717, 1.165) is 32.2 Å². The van der Waals surface area contributed by atoms with Gasteiger partial charge in [-0.3, -0.25) is 14.2 Å². The first-order valence-electron chi connectivity index (χ1n) is 12.8. The minimum Gasteiger partial charge on any atom is -0.480 e. The number of benzene rings is 1. The molecule has 0 unspecified atom stereocenters. The van der Waals surface area contributed by atoms with Gasteiger partial charge in [-0.05, 0) is 30.7 Å². The molecular weight excluding hydrogens is 548 g/mol. The van der Waals surface area contributed by atoms with Crippen molar-refractivity contribution in [2.24, 2.45) is 0 Å². The molecule has 5 heterocycles. The zero-order valence-electron chi connectivity index (χ0n) is 22.1. The summed E-state index contributed by atoms with van der Waals surface area (Å²) < 4.78 is 37.4. The molecule has 40 heavy (non-hydrogen) atoms. The van der Waals surface area contributed by atoms with Gasteiger partial charge in [-0.2, -0.15) is 5.10 Å². The molecule has 6 rings (SSSR count). The molecule has 1 aromatic carbocycles. The number of aromatic nitrogens is 5. The second-order valence-electron chi connectivity index (χ2n) is 9.84. The van der Waals surface area contributed by atoms with E-state index in [1.807, 2.05) is 26.1 Å². The predicted molar refractivity (Wildman–Crippen MR) is 153 cm³/mol. The summed E-state index contributed by atoms with van der Waals surface area (Å²) in [6.07, 6.45) is 6.15. The van der Waals surface area contributed by atoms with Crippen LogP contribution in [0.25, 0.3) is 31.9 Å². The van der Waals surface area contributed by atoms with Gasteiger partial charge in [-0.15, -0.1) is 11.3 Å². The molecule has 5 aromatic rings. The van der Waals surface area contributed by atoms with E-state index in [1.54, 1.807) is 35.3 Å². The van der Waals surface area contributed by atoms with E-state index in [-0.39, 0.29) is 34.6 Å². The number of hydrogen-bond acceptors (Lipinski definition) is 9. The van der Waals surface area contributed by atoms with Gasteiger partial charge in [-0.1, -0.05) is 26.0 Å². The third-order valence-electron chi connectivity index (χ3n) is 6.64. The lowest BCUT2D eigenvalue weighted by Crippen LogP contribution is -2.15. The molecule has 12 heteroatoms. The topological polar surface area (TPSA) is 129 Å². The van der Waals surface area contributed by atoms with Crippen molar-refractivity contribution in [1.29, 1.82) is 0 Å². The summed E-state index contributed by atoms with van der Waals surface area (Å²) in [6, 6.07) is 9.69. The lowest BCUT2D eigenvalue weighted by Gasteiger charge is -2.13. The van der Waals surface area contributed by atoms with E-state index in [1.165, 1.54) is 30.6 Å². The third kappa shape index (κ3) is 4.84. The van der Waals surface area contributed by atoms with Crippen molar-refractivity contribution in [3.8, 4) is 27.6 Å². The number of aryl methyl sites for hydroxylation is 1. The molecule has 0 atom stereocenters. The smallest absolute Gasteiger partial charge is 0.262 e. The van der Waals surface area contributed by atoms with Crippen molar-refractivity contribution in [2.45, 2.75) is 44.0 Å². The standard InChI is InChI=1S/C28H26N6O4S2/c1-16(2)27-31-21-12-24-18-11-22(28(38-3)29-13-18)33-40(36,37)20-7-4-6-17(10-20)23(35)8-5-9-34-15-19(14-30-34)25(32-27)26(21)39-24/h4,6-7,10-16,33H,5,8-9H2,1-3H3. The molecule has 0 spiro atoms. The number of methoxy groups -OCH3 is 1. The molecular formula is C28H26N6O4S2. The van der Waals surface area contributed by atoms with E-state index >= 15 is 0 Å². The highest BCUT2D eigenvalue weighted by atomic mass is 32.2. The maximum Gasteiger partial charge on any atom is 0.262 e. The number of ether oxygens (including phenoxy) is 1. The molecule has 1 aliphatic heterocycles. The molecule has 8 bridgehead atoms. The van der Waals surface area contributed by atoms with Crippen LogP contribution in [0, 0.1) is 0 Å². The number of ketones is 1. The Kier molecular flexibility index (Phi) is 6.59. The summed E-state index contributed by atoms with van der Waals surface area (Å²) >= 11 is 1.50. The molecule has 1 aliphatic rings. The van der Waals surface area contributed by atoms with Crippen LogP contribution in [0.3, 0.4) is 0 Å². The number of pyridine rings is 1. The lowest BCUT2D eigenvalue weighted by atomic mass is 10.1. The highest BCUT2D eigenvalue weighted by Gasteiger charge is 2.22. The maximum atomic E-state index is 13.4. The number of hydrogen-bond donors (Lipinski definition) is 1. The van der Waals surface area contributed by atoms with E-state index in [4.69, 9.17) is 14.7 Å². The summed E-state index contributed by atoms with van der Waals surface area (Å²) in [6.45, 7) is 4.62. The highest BCUT2D eigenvalue weighted by Crippen LogP contribution is 2.40. The van der Waals surface area contributed by atoms with E-state index in [0.29, 0.717) is 24.1 Å². The zero-order valence-corrected chi connectivity index (χ0v) is 23.7. The molecule has 1 N–H and O–H groups in total. The number of Topliss-reactive ketones (excluding diaryl/α,β-unsaturated/α-hetero) is 1. The lowest BCUT2D eigenvalue weighted by molar-refractivity contribution is 0.0978. The fourth-order valence-electron chi connectivity index (χ4n) is 4.56. The second-order valence-corrected chi connectivity index (χ2v) is 12.6. The van der Waals surface area contributed by atoms with Gasteiger partial charge in [0.1, 0.15) is 11.5 Å². The van der Waals surface area contributed by atoms with Crippen LogP contribution >= 0.6 is 11.3 Å². The van der Waals surface area contributed by atoms with Crippen LogP contribution < -0.4 is 9.46 Å². The van der Waals surface area contributed by atoms with Crippen LogP contribution in [0.1, 0.15) is 48.8 Å². The molecule has 0 saturated heterocycles. The van der Waals surface area contributed by atoms with Crippen LogP contribution in [0.15, 0.2) is 59.9 Å². The summed E-state index contributed by atoms with van der Waals surface area (Å²) in [5.41, 5.74) is 3.63. The number of nitrogens with one attached hydrogen (secondary N) is 1. The van der Waals surface area contributed by atoms with Gasteiger partial charge in [0.2, 0.25) is 5.88 Å². The van der Waals surface area contributed by atoms with Crippen LogP contribution in [0.4, 0.5) is 5.69 Å². The predicted octanol–water partition coefficient (Wildman–Crippen LogP) is 5.53. The fraction of sp³-hybridized carbons (Fsp3) is 0.250. The quantitative estimate of drug-likeness (QED) is 0.292. The number of anilines is 1. The fourth-order valence-corrected chi connectivity index (χ4v) is 6.74. The molecule has 0 amide bonds. The Balaban J connectivity index is 1.55. The molecule has 0 fully saturated rings. The maximum absolute atomic E-state index is 13.4. The molecule has 4 aromatic heterocycles. The molecule has 10 nitrogen and oxygen atoms in total. The molecule has 0 saturated carbocycles. The Labute approximate surface area is 235 Å². The Morgan fingerprint density at radius 2 is 1.93 bits per heavy atom. The Bertz CT molecular complexity index is 1880. The number of carbonyl (C=O) groups excluding carboxylic acids is 1. The number of carbonyl (C=O) groups is 1. The van der Waals surface area contributed by atoms with Gasteiger partial charge in [0, 0.05) is 52.8 Å². The van der Waals surface area contributed by atoms with Gasteiger partial charge in [0.15, 0.2) is 5.78 Å². The molecule has 204 valence electrons. The van der Waals surface area contributed by atoms with Gasteiger partial charge in [-0.25, -0.2) is 23.4 Å². The number of nitrogens with zero attached hydrogens (tertiary/aromatic N) is 5. The number of fused-ring (bicyclic) bond motifs is 9. The Hall–Kier alpha value is -4.16. The first-order valence-corrected chi connectivity index (χ1v) is 15.1. The summed E-state index contributed by atoms with van der Waals surface area (Å²) in [4.78, 5) is 27.8. The van der Waals surface area contributed by atoms with E-state index < -0.39 is 10.0 Å². The van der Waals surface area contributed by atoms with E-state index in [2.05, 4.69) is 14.8 Å². The average molecular weight is 575 g/mol. The van der Waals surface area contributed by atoms with E-state index in [9.17, 15) is 13.2 Å². The zero-order chi connectivity index (χ0) is 28.0. The minimum absolute atomic E-state index is 0.0246. The van der Waals surface area contributed by atoms with Crippen molar-refractivity contribution in [3.05, 3.63) is 66.4 Å². The number of rotatable bonds is 2. The SMILES string of the molecule is COc1ncc2cc1NS(=O)(=O)c1cccc(c1)C(=O)CCCn1cc(cn1)-c1nc(C(C)C)nc3cc-2sc13. The van der Waals surface area contributed by atoms with Gasteiger partial charge in [0.05, 0.1) is 34.1 Å². The summed E-state index contributed by atoms with van der Waals surface area (Å²) in [5.74, 6) is 0.809. The van der Waals surface area contributed by atoms with Crippen molar-refractivity contribution in [1.82, 2.24) is 24.7 Å². The van der Waals surface area contributed by atoms with Crippen molar-refractivity contribution in [2.75, 3.05) is 11.8 Å². The minimum atomic E-state index is -4.05. The van der Waals surface area contributed by atoms with Gasteiger partial charge >= 0.3 is 0 Å². The summed E-state index contributed by atoms with van der Waals surface area (Å²) in [5, 5.41) is 4.52. The van der Waals surface area contributed by atoms with Crippen molar-refractivity contribution >= 4 is 43.0 Å². The normalized spacial score (nSPS) is 14.9. The van der Waals surface area contributed by atoms with Gasteiger partial charge in [0.25, 0.3) is 10.0 Å². The number of thiophene rings is 1. The van der Waals surface area contributed by atoms with Crippen molar-refractivity contribution in [3.63, 3.8) is 0 Å². The average Bonchev–Trinajstić information content (AvgIpc) is 3.59. The number of sulfonamides is 1. The first-order chi connectivity index (χ1) is 19.2. The van der Waals surface area contributed by atoms with Gasteiger partial charge < -0.3 is 4.74 Å². The van der Waals surface area contributed by atoms with Crippen molar-refractivity contribution < 1.29 is 17.9 Å². The first kappa shape index (κ1) is 26.1. The van der Waals surface area contributed by atoms with Crippen LogP contribution in [-0.2, 0) is 16.6 Å². The third-order valence-corrected chi connectivity index (χ3v) is 9.19. The Morgan fingerprint density at radius 1 is 1.07 bits per heavy atom. The van der Waals surface area contributed by atoms with Crippen LogP contribution in [0.5, 0.6) is 5.88 Å². The summed E-state index contributed by atoms with van der Waals surface area (Å²) in [7, 11) is -2.62. The largest absolute Gasteiger partial charge is 0.480 e. The van der Waals surface area contributed by atoms with Crippen LogP contribution in [-0.4, -0.2) is 46.0 Å².